The lowest BCUT2D eigenvalue weighted by atomic mass is 10.1. The standard InChI is InChI=1S/C17H18N2O8/c1-24-15(22)17(8-7-13(20)27-17)19-14(21)12(10-26-19)18-16(23)25-9-11-5-3-2-4-6-11/h2-6,12H,7-10H2,1H3,(H,18,23). The zero-order valence-electron chi connectivity index (χ0n) is 14.5. The number of nitrogens with zero attached hydrogens (tertiary/aromatic N) is 1. The molecule has 2 aliphatic heterocycles. The van der Waals surface area contributed by atoms with Gasteiger partial charge in [0.05, 0.1) is 13.5 Å². The highest BCUT2D eigenvalue weighted by atomic mass is 16.8. The topological polar surface area (TPSA) is 120 Å². The normalized spacial score (nSPS) is 24.5. The van der Waals surface area contributed by atoms with Gasteiger partial charge in [-0.3, -0.25) is 14.4 Å². The number of cyclic esters (lactones) is 1. The Morgan fingerprint density at radius 2 is 2.04 bits per heavy atom. The molecule has 1 aromatic rings. The molecule has 0 saturated carbocycles. The zero-order chi connectivity index (χ0) is 19.4. The van der Waals surface area contributed by atoms with Crippen LogP contribution < -0.4 is 5.32 Å². The molecule has 2 fully saturated rings. The molecule has 2 atom stereocenters. The van der Waals surface area contributed by atoms with Crippen LogP contribution in [-0.2, 0) is 40.0 Å². The SMILES string of the molecule is COC(=O)C1(N2OCC(NC(=O)OCc3ccccc3)C2=O)CCC(=O)O1. The summed E-state index contributed by atoms with van der Waals surface area (Å²) < 4.78 is 14.7. The summed E-state index contributed by atoms with van der Waals surface area (Å²) in [6, 6.07) is 7.92. The van der Waals surface area contributed by atoms with E-state index < -0.39 is 35.7 Å². The molecular formula is C17H18N2O8. The fourth-order valence-electron chi connectivity index (χ4n) is 2.81. The number of hydrogen-bond acceptors (Lipinski definition) is 8. The zero-order valence-corrected chi connectivity index (χ0v) is 14.5. The van der Waals surface area contributed by atoms with Gasteiger partial charge in [-0.25, -0.2) is 9.59 Å². The Bertz CT molecular complexity index is 753. The van der Waals surface area contributed by atoms with Crippen LogP contribution in [0.3, 0.4) is 0 Å². The first-order chi connectivity index (χ1) is 13.0. The summed E-state index contributed by atoms with van der Waals surface area (Å²) in [6.45, 7) is -0.211. The molecule has 2 saturated heterocycles. The van der Waals surface area contributed by atoms with E-state index >= 15 is 0 Å². The fraction of sp³-hybridized carbons (Fsp3) is 0.412. The smallest absolute Gasteiger partial charge is 0.408 e. The second-order valence-electron chi connectivity index (χ2n) is 5.94. The van der Waals surface area contributed by atoms with E-state index in [0.717, 1.165) is 12.7 Å². The molecule has 10 heteroatoms. The Labute approximate surface area is 154 Å². The highest BCUT2D eigenvalue weighted by molar-refractivity contribution is 5.94. The molecule has 1 aromatic carbocycles. The first kappa shape index (κ1) is 18.6. The summed E-state index contributed by atoms with van der Waals surface area (Å²) in [4.78, 5) is 53.4. The Kier molecular flexibility index (Phi) is 5.26. The van der Waals surface area contributed by atoms with Crippen LogP contribution in [0.2, 0.25) is 0 Å². The van der Waals surface area contributed by atoms with E-state index in [1.165, 1.54) is 0 Å². The molecule has 2 heterocycles. The molecule has 3 rings (SSSR count). The molecule has 2 aliphatic rings. The van der Waals surface area contributed by atoms with Crippen LogP contribution in [0, 0.1) is 0 Å². The molecule has 0 aromatic heterocycles. The van der Waals surface area contributed by atoms with Gasteiger partial charge in [-0.1, -0.05) is 30.3 Å². The number of methoxy groups -OCH3 is 1. The number of rotatable bonds is 5. The monoisotopic (exact) mass is 378 g/mol. The lowest BCUT2D eigenvalue weighted by Gasteiger charge is -2.31. The quantitative estimate of drug-likeness (QED) is 0.572. The molecule has 27 heavy (non-hydrogen) atoms. The van der Waals surface area contributed by atoms with Gasteiger partial charge in [0, 0.05) is 6.42 Å². The van der Waals surface area contributed by atoms with Crippen LogP contribution in [0.25, 0.3) is 0 Å². The van der Waals surface area contributed by atoms with Gasteiger partial charge in [-0.2, -0.15) is 5.06 Å². The van der Waals surface area contributed by atoms with E-state index in [4.69, 9.17) is 14.3 Å². The van der Waals surface area contributed by atoms with Crippen molar-refractivity contribution in [1.29, 1.82) is 0 Å². The number of nitrogens with one attached hydrogen (secondary N) is 1. The number of carbonyl (C=O) groups is 4. The third-order valence-electron chi connectivity index (χ3n) is 4.16. The third kappa shape index (κ3) is 3.70. The van der Waals surface area contributed by atoms with Crippen LogP contribution in [-0.4, -0.2) is 54.5 Å². The summed E-state index contributed by atoms with van der Waals surface area (Å²) in [5.74, 6) is -2.34. The van der Waals surface area contributed by atoms with Crippen molar-refractivity contribution in [2.75, 3.05) is 13.7 Å². The van der Waals surface area contributed by atoms with E-state index in [1.807, 2.05) is 6.07 Å². The summed E-state index contributed by atoms with van der Waals surface area (Å²) in [6.07, 6.45) is -0.993. The Morgan fingerprint density at radius 1 is 1.30 bits per heavy atom. The van der Waals surface area contributed by atoms with Gasteiger partial charge >= 0.3 is 23.8 Å². The molecule has 1 N–H and O–H groups in total. The number of carbonyl (C=O) groups excluding carboxylic acids is 4. The van der Waals surface area contributed by atoms with E-state index in [-0.39, 0.29) is 26.1 Å². The number of ether oxygens (including phenoxy) is 3. The number of hydrogen-bond donors (Lipinski definition) is 1. The molecule has 0 aliphatic carbocycles. The largest absolute Gasteiger partial charge is 0.465 e. The minimum atomic E-state index is -1.98. The van der Waals surface area contributed by atoms with Crippen LogP contribution >= 0.6 is 0 Å². The van der Waals surface area contributed by atoms with Crippen LogP contribution in [0.15, 0.2) is 30.3 Å². The Balaban J connectivity index is 1.61. The van der Waals surface area contributed by atoms with Crippen molar-refractivity contribution in [3.05, 3.63) is 35.9 Å². The van der Waals surface area contributed by atoms with Crippen molar-refractivity contribution in [2.45, 2.75) is 31.2 Å². The molecule has 2 amide bonds. The number of benzene rings is 1. The van der Waals surface area contributed by atoms with Gasteiger partial charge in [0.2, 0.25) is 0 Å². The van der Waals surface area contributed by atoms with Gasteiger partial charge in [0.1, 0.15) is 19.3 Å². The lowest BCUT2D eigenvalue weighted by Crippen LogP contribution is -2.57. The average Bonchev–Trinajstić information content (AvgIpc) is 3.24. The number of alkyl carbamates (subject to hydrolysis) is 1. The maximum absolute atomic E-state index is 12.6. The Morgan fingerprint density at radius 3 is 2.67 bits per heavy atom. The molecule has 144 valence electrons. The van der Waals surface area contributed by atoms with E-state index in [2.05, 4.69) is 10.1 Å². The molecule has 0 bridgehead atoms. The predicted octanol–water partition coefficient (Wildman–Crippen LogP) is 0.261. The van der Waals surface area contributed by atoms with E-state index in [1.54, 1.807) is 24.3 Å². The second-order valence-corrected chi connectivity index (χ2v) is 5.94. The molecule has 10 nitrogen and oxygen atoms in total. The summed E-state index contributed by atoms with van der Waals surface area (Å²) >= 11 is 0. The first-order valence-corrected chi connectivity index (χ1v) is 8.21. The highest BCUT2D eigenvalue weighted by Gasteiger charge is 2.59. The van der Waals surface area contributed by atoms with Gasteiger partial charge in [-0.15, -0.1) is 0 Å². The number of esters is 2. The second kappa shape index (κ2) is 7.62. The van der Waals surface area contributed by atoms with Crippen LogP contribution in [0.1, 0.15) is 18.4 Å². The van der Waals surface area contributed by atoms with E-state index in [0.29, 0.717) is 5.06 Å². The van der Waals surface area contributed by atoms with Crippen molar-refractivity contribution in [3.8, 4) is 0 Å². The fourth-order valence-corrected chi connectivity index (χ4v) is 2.81. The molecular weight excluding hydrogens is 360 g/mol. The van der Waals surface area contributed by atoms with Gasteiger partial charge in [0.25, 0.3) is 5.91 Å². The van der Waals surface area contributed by atoms with Gasteiger partial charge in [0.15, 0.2) is 0 Å². The van der Waals surface area contributed by atoms with Crippen molar-refractivity contribution in [2.24, 2.45) is 0 Å². The van der Waals surface area contributed by atoms with Crippen molar-refractivity contribution < 1.29 is 38.2 Å². The summed E-state index contributed by atoms with van der Waals surface area (Å²) in [5, 5.41) is 3.03. The number of amides is 2. The minimum absolute atomic E-state index is 0.0296. The van der Waals surface area contributed by atoms with Crippen molar-refractivity contribution in [3.63, 3.8) is 0 Å². The highest BCUT2D eigenvalue weighted by Crippen LogP contribution is 2.34. The van der Waals surface area contributed by atoms with Gasteiger partial charge in [-0.05, 0) is 5.56 Å². The molecule has 0 radical (unpaired) electrons. The molecule has 2 unspecified atom stereocenters. The van der Waals surface area contributed by atoms with E-state index in [9.17, 15) is 19.2 Å². The third-order valence-corrected chi connectivity index (χ3v) is 4.16. The summed E-state index contributed by atoms with van der Waals surface area (Å²) in [7, 11) is 1.10. The predicted molar refractivity (Wildman–Crippen MR) is 86.4 cm³/mol. The maximum atomic E-state index is 12.6. The first-order valence-electron chi connectivity index (χ1n) is 8.21. The summed E-state index contributed by atoms with van der Waals surface area (Å²) in [5.41, 5.74) is -1.20. The van der Waals surface area contributed by atoms with Crippen LogP contribution in [0.5, 0.6) is 0 Å². The van der Waals surface area contributed by atoms with Gasteiger partial charge < -0.3 is 19.5 Å². The number of hydroxylamine groups is 2. The van der Waals surface area contributed by atoms with Crippen molar-refractivity contribution >= 4 is 23.9 Å². The molecule has 0 spiro atoms. The van der Waals surface area contributed by atoms with Crippen molar-refractivity contribution in [1.82, 2.24) is 10.4 Å². The lowest BCUT2D eigenvalue weighted by molar-refractivity contribution is -0.258. The van der Waals surface area contributed by atoms with Crippen LogP contribution in [0.4, 0.5) is 4.79 Å². The Hall–Kier alpha value is -3.14. The maximum Gasteiger partial charge on any atom is 0.408 e. The average molecular weight is 378 g/mol. The minimum Gasteiger partial charge on any atom is -0.465 e.